The summed E-state index contributed by atoms with van der Waals surface area (Å²) in [5.74, 6) is -0.712. The van der Waals surface area contributed by atoms with Gasteiger partial charge >= 0.3 is 5.97 Å². The standard InChI is InChI=1S/C10H22N2O2/c1-4-6-12(7-5-10(13)14)9-8-11(2)3/h4-9H2,1-3H3,(H,13,14). The van der Waals surface area contributed by atoms with Crippen molar-refractivity contribution in [3.63, 3.8) is 0 Å². The van der Waals surface area contributed by atoms with E-state index in [0.717, 1.165) is 26.1 Å². The normalized spacial score (nSPS) is 11.2. The number of likely N-dealkylation sites (N-methyl/N-ethyl adjacent to an activating group) is 1. The van der Waals surface area contributed by atoms with Gasteiger partial charge in [-0.3, -0.25) is 4.79 Å². The third kappa shape index (κ3) is 8.01. The third-order valence-corrected chi connectivity index (χ3v) is 2.05. The van der Waals surface area contributed by atoms with Crippen LogP contribution in [0.15, 0.2) is 0 Å². The second-order valence-corrected chi connectivity index (χ2v) is 3.79. The van der Waals surface area contributed by atoms with Crippen molar-refractivity contribution in [1.82, 2.24) is 9.80 Å². The highest BCUT2D eigenvalue weighted by Crippen LogP contribution is 1.94. The summed E-state index contributed by atoms with van der Waals surface area (Å²) in [6.45, 7) is 5.70. The van der Waals surface area contributed by atoms with Crippen molar-refractivity contribution in [3.8, 4) is 0 Å². The molecule has 84 valence electrons. The van der Waals surface area contributed by atoms with Crippen molar-refractivity contribution in [2.24, 2.45) is 0 Å². The molecule has 0 spiro atoms. The quantitative estimate of drug-likeness (QED) is 0.630. The van der Waals surface area contributed by atoms with Gasteiger partial charge in [-0.25, -0.2) is 0 Å². The zero-order valence-corrected chi connectivity index (χ0v) is 9.49. The van der Waals surface area contributed by atoms with Crippen LogP contribution in [0.3, 0.4) is 0 Å². The molecular formula is C10H22N2O2. The molecule has 0 unspecified atom stereocenters. The number of rotatable bonds is 8. The van der Waals surface area contributed by atoms with E-state index < -0.39 is 5.97 Å². The Balaban J connectivity index is 3.70. The Morgan fingerprint density at radius 2 is 1.79 bits per heavy atom. The first-order chi connectivity index (χ1) is 6.56. The van der Waals surface area contributed by atoms with Crippen molar-refractivity contribution < 1.29 is 9.90 Å². The van der Waals surface area contributed by atoms with Crippen LogP contribution in [0.2, 0.25) is 0 Å². The van der Waals surface area contributed by atoms with E-state index >= 15 is 0 Å². The van der Waals surface area contributed by atoms with E-state index in [1.54, 1.807) is 0 Å². The molecule has 0 rings (SSSR count). The number of aliphatic carboxylic acids is 1. The van der Waals surface area contributed by atoms with Crippen LogP contribution in [-0.4, -0.2) is 61.2 Å². The van der Waals surface area contributed by atoms with Gasteiger partial charge in [0.1, 0.15) is 0 Å². The lowest BCUT2D eigenvalue weighted by atomic mass is 10.3. The Bertz CT molecular complexity index is 160. The number of nitrogens with zero attached hydrogens (tertiary/aromatic N) is 2. The molecule has 1 N–H and O–H groups in total. The van der Waals surface area contributed by atoms with Crippen molar-refractivity contribution in [3.05, 3.63) is 0 Å². The molecule has 0 bridgehead atoms. The maximum absolute atomic E-state index is 10.4. The Labute approximate surface area is 86.5 Å². The van der Waals surface area contributed by atoms with E-state index in [1.807, 2.05) is 14.1 Å². The summed E-state index contributed by atoms with van der Waals surface area (Å²) in [5.41, 5.74) is 0. The zero-order valence-electron chi connectivity index (χ0n) is 9.49. The molecule has 14 heavy (non-hydrogen) atoms. The molecule has 0 amide bonds. The molecule has 0 radical (unpaired) electrons. The minimum absolute atomic E-state index is 0.243. The van der Waals surface area contributed by atoms with Crippen LogP contribution in [0.25, 0.3) is 0 Å². The van der Waals surface area contributed by atoms with E-state index in [1.165, 1.54) is 0 Å². The highest BCUT2D eigenvalue weighted by Gasteiger charge is 2.06. The molecule has 0 saturated carbocycles. The number of hydrogen-bond donors (Lipinski definition) is 1. The van der Waals surface area contributed by atoms with Gasteiger partial charge in [0.2, 0.25) is 0 Å². The van der Waals surface area contributed by atoms with E-state index in [-0.39, 0.29) is 6.42 Å². The van der Waals surface area contributed by atoms with Crippen LogP contribution < -0.4 is 0 Å². The van der Waals surface area contributed by atoms with Gasteiger partial charge in [-0.05, 0) is 27.1 Å². The molecule has 4 nitrogen and oxygen atoms in total. The maximum atomic E-state index is 10.4. The van der Waals surface area contributed by atoms with Gasteiger partial charge < -0.3 is 14.9 Å². The fraction of sp³-hybridized carbons (Fsp3) is 0.900. The highest BCUT2D eigenvalue weighted by atomic mass is 16.4. The Hall–Kier alpha value is -0.610. The molecule has 0 aromatic carbocycles. The average molecular weight is 202 g/mol. The third-order valence-electron chi connectivity index (χ3n) is 2.05. The van der Waals surface area contributed by atoms with Crippen molar-refractivity contribution in [1.29, 1.82) is 0 Å². The van der Waals surface area contributed by atoms with Crippen LogP contribution in [-0.2, 0) is 4.79 Å². The Morgan fingerprint density at radius 3 is 2.21 bits per heavy atom. The van der Waals surface area contributed by atoms with Crippen LogP contribution in [0.4, 0.5) is 0 Å². The molecule has 0 aliphatic rings. The molecule has 0 aromatic heterocycles. The monoisotopic (exact) mass is 202 g/mol. The zero-order chi connectivity index (χ0) is 11.0. The minimum Gasteiger partial charge on any atom is -0.481 e. The Kier molecular flexibility index (Phi) is 7.42. The molecule has 4 heteroatoms. The predicted octanol–water partition coefficient (Wildman–Crippen LogP) is 0.735. The van der Waals surface area contributed by atoms with Crippen molar-refractivity contribution >= 4 is 5.97 Å². The lowest BCUT2D eigenvalue weighted by Crippen LogP contribution is -2.33. The first kappa shape index (κ1) is 13.4. The Morgan fingerprint density at radius 1 is 1.14 bits per heavy atom. The molecule has 0 fully saturated rings. The maximum Gasteiger partial charge on any atom is 0.304 e. The van der Waals surface area contributed by atoms with Gasteiger partial charge in [-0.2, -0.15) is 0 Å². The minimum atomic E-state index is -0.712. The largest absolute Gasteiger partial charge is 0.481 e. The molecule has 0 saturated heterocycles. The molecular weight excluding hydrogens is 180 g/mol. The van der Waals surface area contributed by atoms with E-state index in [4.69, 9.17) is 5.11 Å². The van der Waals surface area contributed by atoms with Gasteiger partial charge in [-0.1, -0.05) is 6.92 Å². The summed E-state index contributed by atoms with van der Waals surface area (Å²) < 4.78 is 0. The second kappa shape index (κ2) is 7.76. The van der Waals surface area contributed by atoms with Gasteiger partial charge in [0.15, 0.2) is 0 Å². The van der Waals surface area contributed by atoms with E-state index in [2.05, 4.69) is 16.7 Å². The first-order valence-electron chi connectivity index (χ1n) is 5.15. The van der Waals surface area contributed by atoms with Crippen LogP contribution in [0.1, 0.15) is 19.8 Å². The SMILES string of the molecule is CCCN(CCC(=O)O)CCN(C)C. The van der Waals surface area contributed by atoms with Crippen LogP contribution in [0, 0.1) is 0 Å². The van der Waals surface area contributed by atoms with E-state index in [9.17, 15) is 4.79 Å². The lowest BCUT2D eigenvalue weighted by Gasteiger charge is -2.22. The summed E-state index contributed by atoms with van der Waals surface area (Å²) in [5, 5.41) is 8.57. The van der Waals surface area contributed by atoms with Crippen LogP contribution >= 0.6 is 0 Å². The number of carbonyl (C=O) groups is 1. The van der Waals surface area contributed by atoms with Crippen LogP contribution in [0.5, 0.6) is 0 Å². The first-order valence-corrected chi connectivity index (χ1v) is 5.15. The molecule has 0 atom stereocenters. The molecule has 0 aliphatic carbocycles. The summed E-state index contributed by atoms with van der Waals surface area (Å²) in [4.78, 5) is 14.7. The van der Waals surface area contributed by atoms with Crippen molar-refractivity contribution in [2.45, 2.75) is 19.8 Å². The lowest BCUT2D eigenvalue weighted by molar-refractivity contribution is -0.137. The summed E-state index contributed by atoms with van der Waals surface area (Å²) in [6, 6.07) is 0. The molecule has 0 heterocycles. The van der Waals surface area contributed by atoms with E-state index in [0.29, 0.717) is 6.54 Å². The number of carboxylic acid groups (broad SMARTS) is 1. The fourth-order valence-electron chi connectivity index (χ4n) is 1.25. The van der Waals surface area contributed by atoms with Gasteiger partial charge in [0.05, 0.1) is 6.42 Å². The summed E-state index contributed by atoms with van der Waals surface area (Å²) >= 11 is 0. The molecule has 0 aromatic rings. The topological polar surface area (TPSA) is 43.8 Å². The van der Waals surface area contributed by atoms with Gasteiger partial charge in [0.25, 0.3) is 0 Å². The smallest absolute Gasteiger partial charge is 0.304 e. The summed E-state index contributed by atoms with van der Waals surface area (Å²) in [7, 11) is 4.06. The molecule has 0 aliphatic heterocycles. The summed E-state index contributed by atoms with van der Waals surface area (Å²) in [6.07, 6.45) is 1.32. The highest BCUT2D eigenvalue weighted by molar-refractivity contribution is 5.66. The van der Waals surface area contributed by atoms with Gasteiger partial charge in [-0.15, -0.1) is 0 Å². The van der Waals surface area contributed by atoms with Crippen molar-refractivity contribution in [2.75, 3.05) is 40.3 Å². The number of hydrogen-bond acceptors (Lipinski definition) is 3. The van der Waals surface area contributed by atoms with Gasteiger partial charge in [0, 0.05) is 19.6 Å². The fourth-order valence-corrected chi connectivity index (χ4v) is 1.25. The predicted molar refractivity (Wildman–Crippen MR) is 57.5 cm³/mol. The second-order valence-electron chi connectivity index (χ2n) is 3.79. The number of carboxylic acids is 1. The average Bonchev–Trinajstić information content (AvgIpc) is 2.09.